The van der Waals surface area contributed by atoms with Crippen molar-refractivity contribution >= 4 is 16.9 Å². The lowest BCUT2D eigenvalue weighted by Crippen LogP contribution is -2.42. The molecule has 2 aromatic carbocycles. The van der Waals surface area contributed by atoms with Crippen molar-refractivity contribution in [3.05, 3.63) is 68.6 Å². The number of aryl methyl sites for hydroxylation is 2. The van der Waals surface area contributed by atoms with Gasteiger partial charge in [0.05, 0.1) is 37.3 Å². The Kier molecular flexibility index (Phi) is 5.79. The van der Waals surface area contributed by atoms with Crippen molar-refractivity contribution < 1.29 is 23.8 Å². The summed E-state index contributed by atoms with van der Waals surface area (Å²) in [6, 6.07) is 7.92. The Balaban J connectivity index is 1.64. The first-order valence-corrected chi connectivity index (χ1v) is 11.4. The molecule has 0 saturated carbocycles. The van der Waals surface area contributed by atoms with Crippen LogP contribution in [0.1, 0.15) is 38.9 Å². The van der Waals surface area contributed by atoms with Gasteiger partial charge in [-0.2, -0.15) is 0 Å². The third-order valence-corrected chi connectivity index (χ3v) is 6.86. The molecular formula is C26H28N2O6. The lowest BCUT2D eigenvalue weighted by molar-refractivity contribution is 0.0314. The maximum absolute atomic E-state index is 13.7. The molecule has 1 N–H and O–H groups in total. The van der Waals surface area contributed by atoms with Crippen LogP contribution in [0.25, 0.3) is 11.0 Å². The molecule has 3 aromatic rings. The van der Waals surface area contributed by atoms with Gasteiger partial charge in [0.15, 0.2) is 16.9 Å². The van der Waals surface area contributed by atoms with Crippen LogP contribution in [-0.2, 0) is 4.74 Å². The van der Waals surface area contributed by atoms with Crippen molar-refractivity contribution in [2.24, 2.45) is 0 Å². The molecule has 1 atom stereocenters. The summed E-state index contributed by atoms with van der Waals surface area (Å²) in [5.74, 6) is 0.0489. The normalized spacial score (nSPS) is 18.5. The lowest BCUT2D eigenvalue weighted by Gasteiger charge is -2.31. The zero-order chi connectivity index (χ0) is 24.0. The van der Waals surface area contributed by atoms with Gasteiger partial charge in [-0.1, -0.05) is 6.07 Å². The Hall–Kier alpha value is -3.36. The van der Waals surface area contributed by atoms with E-state index in [-0.39, 0.29) is 28.6 Å². The molecule has 1 unspecified atom stereocenters. The number of fused-ring (bicyclic) bond motifs is 2. The summed E-state index contributed by atoms with van der Waals surface area (Å²) in [4.78, 5) is 31.3. The summed E-state index contributed by atoms with van der Waals surface area (Å²) in [5, 5.41) is 10.6. The van der Waals surface area contributed by atoms with Crippen molar-refractivity contribution in [1.29, 1.82) is 0 Å². The van der Waals surface area contributed by atoms with Gasteiger partial charge in [-0.25, -0.2) is 0 Å². The minimum Gasteiger partial charge on any atom is -0.504 e. The number of methoxy groups -OCH3 is 1. The van der Waals surface area contributed by atoms with Crippen LogP contribution in [0.3, 0.4) is 0 Å². The highest BCUT2D eigenvalue weighted by Crippen LogP contribution is 2.40. The van der Waals surface area contributed by atoms with Crippen LogP contribution in [0.15, 0.2) is 39.5 Å². The van der Waals surface area contributed by atoms with Gasteiger partial charge in [-0.3, -0.25) is 14.5 Å². The minimum atomic E-state index is -0.639. The number of aromatic hydroxyl groups is 1. The minimum absolute atomic E-state index is 0.00712. The third-order valence-electron chi connectivity index (χ3n) is 6.86. The number of amides is 1. The quantitative estimate of drug-likeness (QED) is 0.621. The van der Waals surface area contributed by atoms with Crippen molar-refractivity contribution in [3.8, 4) is 11.5 Å². The molecule has 1 saturated heterocycles. The van der Waals surface area contributed by atoms with E-state index in [9.17, 15) is 14.7 Å². The van der Waals surface area contributed by atoms with Crippen LogP contribution in [0.5, 0.6) is 11.5 Å². The third kappa shape index (κ3) is 3.73. The molecule has 34 heavy (non-hydrogen) atoms. The summed E-state index contributed by atoms with van der Waals surface area (Å²) in [5.41, 5.74) is 3.19. The maximum atomic E-state index is 13.7. The molecule has 2 aliphatic rings. The van der Waals surface area contributed by atoms with Crippen LogP contribution in [-0.4, -0.2) is 67.3 Å². The van der Waals surface area contributed by atoms with Crippen molar-refractivity contribution in [2.45, 2.75) is 19.9 Å². The summed E-state index contributed by atoms with van der Waals surface area (Å²) in [6.45, 7) is 7.89. The van der Waals surface area contributed by atoms with Crippen molar-refractivity contribution in [1.82, 2.24) is 9.80 Å². The number of carbonyl (C=O) groups excluding carboxylic acids is 1. The van der Waals surface area contributed by atoms with Crippen LogP contribution < -0.4 is 10.2 Å². The molecule has 1 aromatic heterocycles. The Bertz CT molecular complexity index is 1330. The molecule has 8 nitrogen and oxygen atoms in total. The SMILES string of the molecule is COc1cc(C2c3c(oc4cc(C)c(C)cc4c3=O)C(=O)N2CCN2CCOCC2)ccc1O. The van der Waals surface area contributed by atoms with Crippen LogP contribution in [0, 0.1) is 13.8 Å². The Morgan fingerprint density at radius 1 is 1.06 bits per heavy atom. The predicted octanol–water partition coefficient (Wildman–Crippen LogP) is 3.00. The zero-order valence-electron chi connectivity index (χ0n) is 19.6. The van der Waals surface area contributed by atoms with Gasteiger partial charge in [-0.05, 0) is 54.8 Å². The monoisotopic (exact) mass is 464 g/mol. The molecule has 178 valence electrons. The van der Waals surface area contributed by atoms with E-state index in [0.29, 0.717) is 48.4 Å². The first-order valence-electron chi connectivity index (χ1n) is 11.4. The van der Waals surface area contributed by atoms with Crippen LogP contribution >= 0.6 is 0 Å². The molecule has 5 rings (SSSR count). The average Bonchev–Trinajstić information content (AvgIpc) is 3.12. The second-order valence-electron chi connectivity index (χ2n) is 8.89. The molecule has 0 radical (unpaired) electrons. The number of phenolic OH excluding ortho intramolecular Hbond substituents is 1. The Morgan fingerprint density at radius 2 is 1.79 bits per heavy atom. The van der Waals surface area contributed by atoms with E-state index in [1.807, 2.05) is 26.0 Å². The second-order valence-corrected chi connectivity index (χ2v) is 8.89. The number of hydrogen-bond acceptors (Lipinski definition) is 7. The van der Waals surface area contributed by atoms with E-state index in [1.54, 1.807) is 17.0 Å². The number of rotatable bonds is 5. The maximum Gasteiger partial charge on any atom is 0.290 e. The first-order chi connectivity index (χ1) is 16.4. The van der Waals surface area contributed by atoms with Crippen LogP contribution in [0.2, 0.25) is 0 Å². The van der Waals surface area contributed by atoms with Gasteiger partial charge < -0.3 is 23.9 Å². The second kappa shape index (κ2) is 8.77. The smallest absolute Gasteiger partial charge is 0.290 e. The Labute approximate surface area is 197 Å². The first kappa shape index (κ1) is 22.4. The van der Waals surface area contributed by atoms with E-state index in [2.05, 4.69) is 4.90 Å². The topological polar surface area (TPSA) is 92.5 Å². The van der Waals surface area contributed by atoms with E-state index in [0.717, 1.165) is 24.2 Å². The summed E-state index contributed by atoms with van der Waals surface area (Å²) >= 11 is 0. The van der Waals surface area contributed by atoms with E-state index < -0.39 is 6.04 Å². The fourth-order valence-corrected chi connectivity index (χ4v) is 4.79. The highest BCUT2D eigenvalue weighted by Gasteiger charge is 2.43. The molecule has 2 aliphatic heterocycles. The highest BCUT2D eigenvalue weighted by atomic mass is 16.5. The molecule has 1 fully saturated rings. The van der Waals surface area contributed by atoms with Gasteiger partial charge in [0.1, 0.15) is 5.58 Å². The highest BCUT2D eigenvalue weighted by molar-refractivity contribution is 5.99. The van der Waals surface area contributed by atoms with Gasteiger partial charge in [0, 0.05) is 26.2 Å². The zero-order valence-corrected chi connectivity index (χ0v) is 19.6. The molecule has 0 aliphatic carbocycles. The lowest BCUT2D eigenvalue weighted by atomic mass is 9.97. The van der Waals surface area contributed by atoms with Gasteiger partial charge >= 0.3 is 0 Å². The van der Waals surface area contributed by atoms with Crippen molar-refractivity contribution in [2.75, 3.05) is 46.5 Å². The molecule has 3 heterocycles. The molecule has 0 spiro atoms. The number of ether oxygens (including phenoxy) is 2. The number of morpholine rings is 1. The molecule has 0 bridgehead atoms. The van der Waals surface area contributed by atoms with E-state index in [1.165, 1.54) is 13.2 Å². The summed E-state index contributed by atoms with van der Waals surface area (Å²) < 4.78 is 16.8. The molecule has 8 heteroatoms. The summed E-state index contributed by atoms with van der Waals surface area (Å²) in [7, 11) is 1.47. The van der Waals surface area contributed by atoms with Crippen LogP contribution in [0.4, 0.5) is 0 Å². The number of benzene rings is 2. The average molecular weight is 465 g/mol. The largest absolute Gasteiger partial charge is 0.504 e. The van der Waals surface area contributed by atoms with E-state index >= 15 is 0 Å². The summed E-state index contributed by atoms with van der Waals surface area (Å²) in [6.07, 6.45) is 0. The standard InChI is InChI=1S/C26H28N2O6/c1-15-12-18-20(13-16(15)2)34-25-22(24(18)30)23(17-4-5-19(29)21(14-17)32-3)28(26(25)31)7-6-27-8-10-33-11-9-27/h4-5,12-14,23,29H,6-11H2,1-3H3. The number of hydrogen-bond donors (Lipinski definition) is 1. The Morgan fingerprint density at radius 3 is 2.53 bits per heavy atom. The molecular weight excluding hydrogens is 436 g/mol. The fourth-order valence-electron chi connectivity index (χ4n) is 4.79. The van der Waals surface area contributed by atoms with Gasteiger partial charge in [0.2, 0.25) is 5.76 Å². The number of nitrogens with zero attached hydrogens (tertiary/aromatic N) is 2. The van der Waals surface area contributed by atoms with Crippen molar-refractivity contribution in [3.63, 3.8) is 0 Å². The number of phenols is 1. The number of carbonyl (C=O) groups is 1. The van der Waals surface area contributed by atoms with Gasteiger partial charge in [-0.15, -0.1) is 0 Å². The molecule has 1 amide bonds. The van der Waals surface area contributed by atoms with Gasteiger partial charge in [0.25, 0.3) is 5.91 Å². The fraction of sp³-hybridized carbons (Fsp3) is 0.385. The predicted molar refractivity (Wildman–Crippen MR) is 127 cm³/mol. The van der Waals surface area contributed by atoms with E-state index in [4.69, 9.17) is 13.9 Å².